The molecule has 1 aromatic carbocycles. The number of nitrogens with zero attached hydrogens (tertiary/aromatic N) is 1. The summed E-state index contributed by atoms with van der Waals surface area (Å²) in [5.74, 6) is 0. The molecule has 1 fully saturated rings. The number of benzene rings is 1. The minimum atomic E-state index is -3.53. The molecule has 0 aromatic heterocycles. The Bertz CT molecular complexity index is 593. The van der Waals surface area contributed by atoms with E-state index in [0.717, 1.165) is 37.2 Å². The van der Waals surface area contributed by atoms with Gasteiger partial charge in [0, 0.05) is 6.54 Å². The summed E-state index contributed by atoms with van der Waals surface area (Å²) in [6.07, 6.45) is 3.33. The predicted octanol–water partition coefficient (Wildman–Crippen LogP) is 1.65. The number of nitrogen functional groups attached to an aromatic ring is 1. The lowest BCUT2D eigenvalue weighted by molar-refractivity contribution is 0.334. The standard InChI is InChI=1S/C15H25N3O2S/c1-12-6-7-14(16)15(13(12)2)21(19,20)17-8-5-11-18-9-3-4-10-18/h6-7,17H,3-5,8-11,16H2,1-2H3. The lowest BCUT2D eigenvalue weighted by Gasteiger charge is -2.16. The van der Waals surface area contributed by atoms with Gasteiger partial charge in [-0.05, 0) is 69.9 Å². The van der Waals surface area contributed by atoms with Crippen LogP contribution in [0.5, 0.6) is 0 Å². The van der Waals surface area contributed by atoms with Gasteiger partial charge < -0.3 is 10.6 Å². The highest BCUT2D eigenvalue weighted by Crippen LogP contribution is 2.24. The Kier molecular flexibility index (Phi) is 5.24. The second kappa shape index (κ2) is 6.77. The van der Waals surface area contributed by atoms with Crippen molar-refractivity contribution in [2.24, 2.45) is 0 Å². The molecule has 0 unspecified atom stereocenters. The zero-order chi connectivity index (χ0) is 15.5. The average Bonchev–Trinajstić information content (AvgIpc) is 2.92. The van der Waals surface area contributed by atoms with E-state index in [4.69, 9.17) is 5.73 Å². The zero-order valence-corrected chi connectivity index (χ0v) is 13.7. The van der Waals surface area contributed by atoms with E-state index in [1.807, 2.05) is 13.0 Å². The van der Waals surface area contributed by atoms with Crippen LogP contribution in [-0.4, -0.2) is 39.5 Å². The third-order valence-electron chi connectivity index (χ3n) is 4.12. The molecule has 1 heterocycles. The van der Waals surface area contributed by atoms with Gasteiger partial charge in [0.15, 0.2) is 0 Å². The summed E-state index contributed by atoms with van der Waals surface area (Å²) in [4.78, 5) is 2.60. The lowest BCUT2D eigenvalue weighted by atomic mass is 10.1. The molecule has 1 aliphatic heterocycles. The second-order valence-electron chi connectivity index (χ2n) is 5.73. The van der Waals surface area contributed by atoms with E-state index in [-0.39, 0.29) is 4.90 Å². The Morgan fingerprint density at radius 1 is 1.24 bits per heavy atom. The number of nitrogens with one attached hydrogen (secondary N) is 1. The molecule has 0 amide bonds. The maximum absolute atomic E-state index is 12.4. The Morgan fingerprint density at radius 2 is 1.90 bits per heavy atom. The highest BCUT2D eigenvalue weighted by Gasteiger charge is 2.20. The SMILES string of the molecule is Cc1ccc(N)c(S(=O)(=O)NCCCN2CCCC2)c1C. The molecule has 0 radical (unpaired) electrons. The molecule has 21 heavy (non-hydrogen) atoms. The van der Waals surface area contributed by atoms with Crippen molar-refractivity contribution in [3.8, 4) is 0 Å². The van der Waals surface area contributed by atoms with E-state index in [1.165, 1.54) is 12.8 Å². The molecule has 0 bridgehead atoms. The molecule has 1 aliphatic rings. The quantitative estimate of drug-likeness (QED) is 0.619. The number of rotatable bonds is 6. The van der Waals surface area contributed by atoms with Gasteiger partial charge in [-0.1, -0.05) is 6.07 Å². The van der Waals surface area contributed by atoms with E-state index >= 15 is 0 Å². The van der Waals surface area contributed by atoms with Crippen LogP contribution in [0.3, 0.4) is 0 Å². The first-order valence-corrected chi connectivity index (χ1v) is 8.98. The highest BCUT2D eigenvalue weighted by molar-refractivity contribution is 7.89. The minimum Gasteiger partial charge on any atom is -0.398 e. The number of hydrogen-bond donors (Lipinski definition) is 2. The summed E-state index contributed by atoms with van der Waals surface area (Å²) >= 11 is 0. The van der Waals surface area contributed by atoms with Crippen LogP contribution in [0.25, 0.3) is 0 Å². The van der Waals surface area contributed by atoms with Gasteiger partial charge >= 0.3 is 0 Å². The minimum absolute atomic E-state index is 0.226. The van der Waals surface area contributed by atoms with Gasteiger partial charge in [-0.15, -0.1) is 0 Å². The fraction of sp³-hybridized carbons (Fsp3) is 0.600. The predicted molar refractivity (Wildman–Crippen MR) is 85.8 cm³/mol. The smallest absolute Gasteiger partial charge is 0.242 e. The van der Waals surface area contributed by atoms with Gasteiger partial charge in [0.25, 0.3) is 0 Å². The molecular weight excluding hydrogens is 286 g/mol. The Labute approximate surface area is 127 Å². The first-order chi connectivity index (χ1) is 9.92. The third kappa shape index (κ3) is 3.96. The van der Waals surface area contributed by atoms with Crippen molar-refractivity contribution in [1.29, 1.82) is 0 Å². The van der Waals surface area contributed by atoms with Crippen LogP contribution < -0.4 is 10.5 Å². The maximum Gasteiger partial charge on any atom is 0.242 e. The van der Waals surface area contributed by atoms with Crippen LogP contribution in [0.2, 0.25) is 0 Å². The van der Waals surface area contributed by atoms with Crippen molar-refractivity contribution in [2.45, 2.75) is 38.0 Å². The van der Waals surface area contributed by atoms with Crippen molar-refractivity contribution >= 4 is 15.7 Å². The summed E-state index contributed by atoms with van der Waals surface area (Å²) in [5.41, 5.74) is 7.82. The monoisotopic (exact) mass is 311 g/mol. The molecule has 0 atom stereocenters. The summed E-state index contributed by atoms with van der Waals surface area (Å²) in [5, 5.41) is 0. The fourth-order valence-electron chi connectivity index (χ4n) is 2.76. The zero-order valence-electron chi connectivity index (χ0n) is 12.9. The number of likely N-dealkylation sites (tertiary alicyclic amines) is 1. The van der Waals surface area contributed by atoms with Gasteiger partial charge in [0.1, 0.15) is 4.90 Å². The summed E-state index contributed by atoms with van der Waals surface area (Å²) in [6.45, 7) is 7.36. The summed E-state index contributed by atoms with van der Waals surface area (Å²) in [7, 11) is -3.53. The fourth-order valence-corrected chi connectivity index (χ4v) is 4.26. The Hall–Kier alpha value is -1.11. The van der Waals surface area contributed by atoms with E-state index < -0.39 is 10.0 Å². The van der Waals surface area contributed by atoms with Crippen LogP contribution in [0.1, 0.15) is 30.4 Å². The highest BCUT2D eigenvalue weighted by atomic mass is 32.2. The number of sulfonamides is 1. The third-order valence-corrected chi connectivity index (χ3v) is 5.78. The molecule has 118 valence electrons. The molecule has 0 spiro atoms. The number of nitrogens with two attached hydrogens (primary N) is 1. The largest absolute Gasteiger partial charge is 0.398 e. The lowest BCUT2D eigenvalue weighted by Crippen LogP contribution is -2.29. The summed E-state index contributed by atoms with van der Waals surface area (Å²) < 4.78 is 27.5. The van der Waals surface area contributed by atoms with Gasteiger partial charge in [-0.3, -0.25) is 0 Å². The summed E-state index contributed by atoms with van der Waals surface area (Å²) in [6, 6.07) is 3.50. The van der Waals surface area contributed by atoms with Crippen LogP contribution in [0.15, 0.2) is 17.0 Å². The normalized spacial score (nSPS) is 16.5. The maximum atomic E-state index is 12.4. The molecule has 6 heteroatoms. The van der Waals surface area contributed by atoms with Gasteiger partial charge in [0.2, 0.25) is 10.0 Å². The first-order valence-electron chi connectivity index (χ1n) is 7.49. The molecular formula is C15H25N3O2S. The molecule has 0 aliphatic carbocycles. The molecule has 1 aromatic rings. The van der Waals surface area contributed by atoms with Gasteiger partial charge in [-0.2, -0.15) is 0 Å². The number of aryl methyl sites for hydroxylation is 1. The Balaban J connectivity index is 1.97. The molecule has 1 saturated heterocycles. The topological polar surface area (TPSA) is 75.4 Å². The van der Waals surface area contributed by atoms with Crippen molar-refractivity contribution in [3.63, 3.8) is 0 Å². The average molecular weight is 311 g/mol. The van der Waals surface area contributed by atoms with E-state index in [2.05, 4.69) is 9.62 Å². The van der Waals surface area contributed by atoms with Crippen LogP contribution in [0.4, 0.5) is 5.69 Å². The van der Waals surface area contributed by atoms with E-state index in [1.54, 1.807) is 13.0 Å². The number of anilines is 1. The number of hydrogen-bond acceptors (Lipinski definition) is 4. The first kappa shape index (κ1) is 16.3. The molecule has 5 nitrogen and oxygen atoms in total. The van der Waals surface area contributed by atoms with Crippen molar-refractivity contribution in [1.82, 2.24) is 9.62 Å². The second-order valence-corrected chi connectivity index (χ2v) is 7.43. The van der Waals surface area contributed by atoms with Crippen molar-refractivity contribution < 1.29 is 8.42 Å². The van der Waals surface area contributed by atoms with Gasteiger partial charge in [-0.25, -0.2) is 13.1 Å². The van der Waals surface area contributed by atoms with E-state index in [0.29, 0.717) is 12.2 Å². The Morgan fingerprint density at radius 3 is 2.57 bits per heavy atom. The van der Waals surface area contributed by atoms with Crippen molar-refractivity contribution in [2.75, 3.05) is 31.9 Å². The van der Waals surface area contributed by atoms with Crippen molar-refractivity contribution in [3.05, 3.63) is 23.3 Å². The van der Waals surface area contributed by atoms with E-state index in [9.17, 15) is 8.42 Å². The van der Waals surface area contributed by atoms with Crippen LogP contribution in [0, 0.1) is 13.8 Å². The molecule has 3 N–H and O–H groups in total. The molecule has 2 rings (SSSR count). The van der Waals surface area contributed by atoms with Crippen LogP contribution >= 0.6 is 0 Å². The van der Waals surface area contributed by atoms with Gasteiger partial charge in [0.05, 0.1) is 5.69 Å². The molecule has 0 saturated carbocycles. The van der Waals surface area contributed by atoms with Crippen LogP contribution in [-0.2, 0) is 10.0 Å².